The first-order valence-electron chi connectivity index (χ1n) is 10.1. The maximum absolute atomic E-state index is 13.5. The molecule has 1 saturated heterocycles. The highest BCUT2D eigenvalue weighted by Gasteiger charge is 2.56. The molecule has 1 atom stereocenters. The molecule has 1 aliphatic heterocycles. The molecule has 5 fully saturated rings. The molecule has 4 bridgehead atoms. The summed E-state index contributed by atoms with van der Waals surface area (Å²) >= 11 is 0. The molecular weight excluding hydrogens is 314 g/mol. The van der Waals surface area contributed by atoms with E-state index in [1.165, 1.54) is 19.3 Å². The molecule has 3 N–H and O–H groups in total. The Bertz CT molecular complexity index is 530. The van der Waals surface area contributed by atoms with E-state index in [2.05, 4.69) is 5.32 Å². The van der Waals surface area contributed by atoms with E-state index in [4.69, 9.17) is 5.73 Å². The molecule has 5 aliphatic rings. The Morgan fingerprint density at radius 3 is 2.20 bits per heavy atom. The van der Waals surface area contributed by atoms with Gasteiger partial charge < -0.3 is 16.0 Å². The van der Waals surface area contributed by atoms with Gasteiger partial charge in [-0.15, -0.1) is 0 Å². The molecular formula is C20H33N3O2. The zero-order valence-corrected chi connectivity index (χ0v) is 15.7. The number of nitrogens with zero attached hydrogens (tertiary/aromatic N) is 1. The fourth-order valence-electron chi connectivity index (χ4n) is 6.39. The minimum atomic E-state index is -0.428. The predicted molar refractivity (Wildman–Crippen MR) is 96.6 cm³/mol. The molecule has 1 heterocycles. The maximum Gasteiger partial charge on any atom is 0.242 e. The van der Waals surface area contributed by atoms with Crippen molar-refractivity contribution in [2.75, 3.05) is 13.1 Å². The van der Waals surface area contributed by atoms with Crippen molar-refractivity contribution in [2.24, 2.45) is 28.9 Å². The van der Waals surface area contributed by atoms with Crippen LogP contribution in [-0.4, -0.2) is 41.4 Å². The molecule has 0 radical (unpaired) electrons. The van der Waals surface area contributed by atoms with Crippen molar-refractivity contribution in [1.82, 2.24) is 10.2 Å². The van der Waals surface area contributed by atoms with Gasteiger partial charge in [0.25, 0.3) is 0 Å². The van der Waals surface area contributed by atoms with Crippen LogP contribution in [0.1, 0.15) is 65.2 Å². The second kappa shape index (κ2) is 5.97. The van der Waals surface area contributed by atoms with Crippen molar-refractivity contribution in [3.05, 3.63) is 0 Å². The van der Waals surface area contributed by atoms with Crippen LogP contribution in [0.3, 0.4) is 0 Å². The zero-order valence-electron chi connectivity index (χ0n) is 15.7. The minimum absolute atomic E-state index is 0.0193. The summed E-state index contributed by atoms with van der Waals surface area (Å²) in [6.07, 6.45) is 8.93. The van der Waals surface area contributed by atoms with Gasteiger partial charge in [-0.25, -0.2) is 0 Å². The van der Waals surface area contributed by atoms with Crippen molar-refractivity contribution >= 4 is 11.8 Å². The summed E-state index contributed by atoms with van der Waals surface area (Å²) in [7, 11) is 0. The Balaban J connectivity index is 1.47. The zero-order chi connectivity index (χ0) is 17.8. The largest absolute Gasteiger partial charge is 0.352 e. The Labute approximate surface area is 151 Å². The van der Waals surface area contributed by atoms with Crippen LogP contribution in [0.4, 0.5) is 0 Å². The van der Waals surface area contributed by atoms with Crippen LogP contribution in [0.5, 0.6) is 0 Å². The van der Waals surface area contributed by atoms with Gasteiger partial charge in [-0.05, 0) is 83.0 Å². The van der Waals surface area contributed by atoms with Crippen molar-refractivity contribution in [2.45, 2.75) is 76.8 Å². The molecule has 0 aromatic rings. The Morgan fingerprint density at radius 1 is 1.12 bits per heavy atom. The number of carbonyl (C=O) groups excluding carboxylic acids is 2. The van der Waals surface area contributed by atoms with Crippen LogP contribution in [0.2, 0.25) is 0 Å². The number of carbonyl (C=O) groups is 2. The van der Waals surface area contributed by atoms with E-state index < -0.39 is 5.54 Å². The van der Waals surface area contributed by atoms with E-state index in [0.717, 1.165) is 56.4 Å². The van der Waals surface area contributed by atoms with Crippen molar-refractivity contribution in [3.8, 4) is 0 Å². The number of amides is 2. The molecule has 1 unspecified atom stereocenters. The molecule has 5 heteroatoms. The van der Waals surface area contributed by atoms with Crippen LogP contribution in [0.15, 0.2) is 0 Å². The normalized spacial score (nSPS) is 39.7. The van der Waals surface area contributed by atoms with Crippen LogP contribution in [-0.2, 0) is 9.59 Å². The third-order valence-corrected chi connectivity index (χ3v) is 7.03. The third-order valence-electron chi connectivity index (χ3n) is 7.03. The average Bonchev–Trinajstić information content (AvgIpc) is 2.99. The summed E-state index contributed by atoms with van der Waals surface area (Å²) in [5.74, 6) is 2.53. The third kappa shape index (κ3) is 3.20. The molecule has 5 nitrogen and oxygen atoms in total. The van der Waals surface area contributed by atoms with Crippen molar-refractivity contribution in [1.29, 1.82) is 0 Å². The second-order valence-electron chi connectivity index (χ2n) is 10.1. The van der Waals surface area contributed by atoms with Gasteiger partial charge in [-0.1, -0.05) is 0 Å². The van der Waals surface area contributed by atoms with E-state index >= 15 is 0 Å². The van der Waals surface area contributed by atoms with E-state index in [1.807, 2.05) is 18.7 Å². The molecule has 2 amide bonds. The maximum atomic E-state index is 13.5. The number of hydrogen-bond donors (Lipinski definition) is 2. The van der Waals surface area contributed by atoms with Crippen LogP contribution in [0, 0.1) is 23.2 Å². The van der Waals surface area contributed by atoms with Gasteiger partial charge in [0.1, 0.15) is 6.04 Å². The standard InChI is InChI=1S/C20H33N3O2/c1-19(2,21)12-22-17(24)16-4-3-5-23(16)18(25)20-9-13-6-14(10-20)8-15(7-13)11-20/h13-16H,3-12,21H2,1-2H3,(H,22,24). The fourth-order valence-corrected chi connectivity index (χ4v) is 6.39. The van der Waals surface area contributed by atoms with E-state index in [9.17, 15) is 9.59 Å². The van der Waals surface area contributed by atoms with Gasteiger partial charge in [0.2, 0.25) is 11.8 Å². The lowest BCUT2D eigenvalue weighted by molar-refractivity contribution is -0.160. The molecule has 5 rings (SSSR count). The highest BCUT2D eigenvalue weighted by Crippen LogP contribution is 2.60. The van der Waals surface area contributed by atoms with Crippen LogP contribution < -0.4 is 11.1 Å². The SMILES string of the molecule is CC(C)(N)CNC(=O)C1CCCN1C(=O)C12CC3CC(CC(C3)C1)C2. The van der Waals surface area contributed by atoms with Crippen LogP contribution >= 0.6 is 0 Å². The number of likely N-dealkylation sites (tertiary alicyclic amines) is 1. The summed E-state index contributed by atoms with van der Waals surface area (Å²) in [5, 5.41) is 2.97. The molecule has 25 heavy (non-hydrogen) atoms. The summed E-state index contributed by atoms with van der Waals surface area (Å²) in [4.78, 5) is 28.1. The van der Waals surface area contributed by atoms with Gasteiger partial charge in [0, 0.05) is 18.6 Å². The van der Waals surface area contributed by atoms with E-state index in [-0.39, 0.29) is 23.3 Å². The first kappa shape index (κ1) is 17.3. The molecule has 140 valence electrons. The summed E-state index contributed by atoms with van der Waals surface area (Å²) in [6, 6.07) is -0.289. The Kier molecular flexibility index (Phi) is 4.13. The monoisotopic (exact) mass is 347 g/mol. The average molecular weight is 348 g/mol. The van der Waals surface area contributed by atoms with E-state index in [0.29, 0.717) is 6.54 Å². The first-order chi connectivity index (χ1) is 11.8. The quantitative estimate of drug-likeness (QED) is 0.817. The van der Waals surface area contributed by atoms with Gasteiger partial charge in [0.05, 0.1) is 5.41 Å². The number of rotatable bonds is 4. The van der Waals surface area contributed by atoms with Crippen LogP contribution in [0.25, 0.3) is 0 Å². The minimum Gasteiger partial charge on any atom is -0.352 e. The lowest BCUT2D eigenvalue weighted by Crippen LogP contribution is -2.58. The second-order valence-corrected chi connectivity index (χ2v) is 10.1. The molecule has 0 spiro atoms. The molecule has 4 aliphatic carbocycles. The Morgan fingerprint density at radius 2 is 1.68 bits per heavy atom. The molecule has 0 aromatic heterocycles. The fraction of sp³-hybridized carbons (Fsp3) is 0.900. The number of nitrogens with one attached hydrogen (secondary N) is 1. The lowest BCUT2D eigenvalue weighted by Gasteiger charge is -2.56. The predicted octanol–water partition coefficient (Wildman–Crippen LogP) is 2.05. The van der Waals surface area contributed by atoms with Crippen molar-refractivity contribution in [3.63, 3.8) is 0 Å². The summed E-state index contributed by atoms with van der Waals surface area (Å²) in [6.45, 7) is 4.99. The van der Waals surface area contributed by atoms with Gasteiger partial charge in [0.15, 0.2) is 0 Å². The molecule has 4 saturated carbocycles. The first-order valence-corrected chi connectivity index (χ1v) is 10.1. The van der Waals surface area contributed by atoms with Gasteiger partial charge >= 0.3 is 0 Å². The summed E-state index contributed by atoms with van der Waals surface area (Å²) in [5.41, 5.74) is 5.41. The van der Waals surface area contributed by atoms with E-state index in [1.54, 1.807) is 0 Å². The number of nitrogens with two attached hydrogens (primary N) is 1. The topological polar surface area (TPSA) is 75.4 Å². The highest BCUT2D eigenvalue weighted by atomic mass is 16.2. The highest BCUT2D eigenvalue weighted by molar-refractivity contribution is 5.91. The number of hydrogen-bond acceptors (Lipinski definition) is 3. The molecule has 0 aromatic carbocycles. The van der Waals surface area contributed by atoms with Gasteiger partial charge in [-0.3, -0.25) is 9.59 Å². The lowest BCUT2D eigenvalue weighted by atomic mass is 9.49. The van der Waals surface area contributed by atoms with Gasteiger partial charge in [-0.2, -0.15) is 0 Å². The Hall–Kier alpha value is -1.10. The summed E-state index contributed by atoms with van der Waals surface area (Å²) < 4.78 is 0. The smallest absolute Gasteiger partial charge is 0.242 e. The van der Waals surface area contributed by atoms with Crippen molar-refractivity contribution < 1.29 is 9.59 Å².